The van der Waals surface area contributed by atoms with E-state index in [0.717, 1.165) is 17.7 Å². The van der Waals surface area contributed by atoms with E-state index in [9.17, 15) is 0 Å². The summed E-state index contributed by atoms with van der Waals surface area (Å²) in [6, 6.07) is 5.60. The maximum atomic E-state index is 6.05. The number of nitrogens with zero attached hydrogens (tertiary/aromatic N) is 1. The van der Waals surface area contributed by atoms with Crippen molar-refractivity contribution < 1.29 is 0 Å². The number of thiocarbonyl (C=S) groups is 1. The molecule has 0 bridgehead atoms. The van der Waals surface area contributed by atoms with Gasteiger partial charge in [0.2, 0.25) is 0 Å². The number of benzene rings is 1. The lowest BCUT2D eigenvalue weighted by Crippen LogP contribution is -2.41. The molecule has 2 N–H and O–H groups in total. The van der Waals surface area contributed by atoms with Crippen molar-refractivity contribution in [2.75, 3.05) is 11.9 Å². The van der Waals surface area contributed by atoms with Crippen LogP contribution >= 0.6 is 23.8 Å². The first kappa shape index (κ1) is 14.3. The molecule has 0 aromatic heterocycles. The first-order chi connectivity index (χ1) is 7.79. The van der Waals surface area contributed by atoms with Crippen LogP contribution in [0.3, 0.4) is 0 Å². The molecule has 0 amide bonds. The fourth-order valence-electron chi connectivity index (χ4n) is 1.55. The molecule has 94 valence electrons. The number of anilines is 1. The van der Waals surface area contributed by atoms with Gasteiger partial charge < -0.3 is 10.6 Å². The lowest BCUT2D eigenvalue weighted by atomic mass is 9.98. The van der Waals surface area contributed by atoms with Gasteiger partial charge in [0.15, 0.2) is 0 Å². The minimum atomic E-state index is 0.0320. The SMILES string of the molecule is CCC(C)(C)N(C)c1cc(Cl)ccc1C(N)=S. The second kappa shape index (κ2) is 5.23. The smallest absolute Gasteiger partial charge is 0.106 e. The maximum Gasteiger partial charge on any atom is 0.106 e. The maximum absolute atomic E-state index is 6.05. The zero-order valence-electron chi connectivity index (χ0n) is 10.7. The van der Waals surface area contributed by atoms with Crippen LogP contribution < -0.4 is 10.6 Å². The Morgan fingerprint density at radius 3 is 2.53 bits per heavy atom. The minimum absolute atomic E-state index is 0.0320. The molecule has 0 radical (unpaired) electrons. The summed E-state index contributed by atoms with van der Waals surface area (Å²) in [5, 5.41) is 0.693. The molecule has 1 aromatic rings. The van der Waals surface area contributed by atoms with E-state index in [-0.39, 0.29) is 5.54 Å². The van der Waals surface area contributed by atoms with E-state index in [2.05, 4.69) is 25.7 Å². The standard InChI is InChI=1S/C13H19ClN2S/c1-5-13(2,3)16(4)11-8-9(14)6-7-10(11)12(15)17/h6-8H,5H2,1-4H3,(H2,15,17). The third-order valence-corrected chi connectivity index (χ3v) is 3.81. The fraction of sp³-hybridized carbons (Fsp3) is 0.462. The molecule has 0 saturated carbocycles. The van der Waals surface area contributed by atoms with Crippen LogP contribution in [0.25, 0.3) is 0 Å². The van der Waals surface area contributed by atoms with Gasteiger partial charge in [-0.05, 0) is 38.5 Å². The zero-order valence-corrected chi connectivity index (χ0v) is 12.3. The molecule has 0 aliphatic heterocycles. The lowest BCUT2D eigenvalue weighted by Gasteiger charge is -2.38. The molecule has 2 nitrogen and oxygen atoms in total. The quantitative estimate of drug-likeness (QED) is 0.848. The van der Waals surface area contributed by atoms with E-state index in [0.29, 0.717) is 10.0 Å². The molecule has 1 aromatic carbocycles. The Labute approximate surface area is 114 Å². The third kappa shape index (κ3) is 3.11. The van der Waals surface area contributed by atoms with Crippen molar-refractivity contribution in [1.82, 2.24) is 0 Å². The van der Waals surface area contributed by atoms with Crippen molar-refractivity contribution in [3.05, 3.63) is 28.8 Å². The molecule has 0 fully saturated rings. The molecule has 0 unspecified atom stereocenters. The number of halogens is 1. The van der Waals surface area contributed by atoms with E-state index in [1.807, 2.05) is 25.2 Å². The van der Waals surface area contributed by atoms with Crippen LogP contribution in [0.4, 0.5) is 5.69 Å². The van der Waals surface area contributed by atoms with E-state index >= 15 is 0 Å². The first-order valence-corrected chi connectivity index (χ1v) is 6.41. The molecule has 0 saturated heterocycles. The van der Waals surface area contributed by atoms with Gasteiger partial charge in [-0.3, -0.25) is 0 Å². The Morgan fingerprint density at radius 2 is 2.06 bits per heavy atom. The van der Waals surface area contributed by atoms with Crippen LogP contribution in [0, 0.1) is 0 Å². The summed E-state index contributed by atoms with van der Waals surface area (Å²) < 4.78 is 0. The Hall–Kier alpha value is -0.800. The monoisotopic (exact) mass is 270 g/mol. The van der Waals surface area contributed by atoms with Crippen molar-refractivity contribution >= 4 is 34.5 Å². The molecule has 4 heteroatoms. The number of nitrogens with two attached hydrogens (primary N) is 1. The Kier molecular flexibility index (Phi) is 4.39. The van der Waals surface area contributed by atoms with Crippen LogP contribution in [0.15, 0.2) is 18.2 Å². The summed E-state index contributed by atoms with van der Waals surface area (Å²) in [7, 11) is 2.04. The second-order valence-electron chi connectivity index (χ2n) is 4.75. The van der Waals surface area contributed by atoms with Gasteiger partial charge in [0.05, 0.1) is 0 Å². The van der Waals surface area contributed by atoms with E-state index in [1.165, 1.54) is 0 Å². The van der Waals surface area contributed by atoms with Gasteiger partial charge in [-0.2, -0.15) is 0 Å². The van der Waals surface area contributed by atoms with Crippen LogP contribution in [-0.2, 0) is 0 Å². The summed E-state index contributed by atoms with van der Waals surface area (Å²) in [4.78, 5) is 2.57. The summed E-state index contributed by atoms with van der Waals surface area (Å²) in [5.41, 5.74) is 7.63. The topological polar surface area (TPSA) is 29.3 Å². The third-order valence-electron chi connectivity index (χ3n) is 3.36. The second-order valence-corrected chi connectivity index (χ2v) is 5.63. The minimum Gasteiger partial charge on any atom is -0.389 e. The predicted octanol–water partition coefficient (Wildman–Crippen LogP) is 3.60. The highest BCUT2D eigenvalue weighted by Gasteiger charge is 2.24. The highest BCUT2D eigenvalue weighted by atomic mass is 35.5. The fourth-order valence-corrected chi connectivity index (χ4v) is 1.89. The van der Waals surface area contributed by atoms with Gasteiger partial charge in [-0.1, -0.05) is 30.7 Å². The number of hydrogen-bond acceptors (Lipinski definition) is 2. The molecule has 0 heterocycles. The zero-order chi connectivity index (χ0) is 13.2. The Morgan fingerprint density at radius 1 is 1.47 bits per heavy atom. The van der Waals surface area contributed by atoms with Crippen LogP contribution in [0.1, 0.15) is 32.8 Å². The van der Waals surface area contributed by atoms with Crippen molar-refractivity contribution in [3.63, 3.8) is 0 Å². The van der Waals surface area contributed by atoms with E-state index in [4.69, 9.17) is 29.6 Å². The van der Waals surface area contributed by atoms with E-state index in [1.54, 1.807) is 0 Å². The van der Waals surface area contributed by atoms with Gasteiger partial charge in [-0.15, -0.1) is 0 Å². The highest BCUT2D eigenvalue weighted by molar-refractivity contribution is 7.80. The van der Waals surface area contributed by atoms with Gasteiger partial charge in [0.1, 0.15) is 4.99 Å². The molecule has 0 atom stereocenters. The summed E-state index contributed by atoms with van der Waals surface area (Å²) >= 11 is 11.1. The van der Waals surface area contributed by atoms with Crippen molar-refractivity contribution in [2.45, 2.75) is 32.7 Å². The Balaban J connectivity index is 3.29. The molecular formula is C13H19ClN2S. The average Bonchev–Trinajstić information content (AvgIpc) is 2.27. The predicted molar refractivity (Wildman–Crippen MR) is 80.1 cm³/mol. The van der Waals surface area contributed by atoms with Crippen LogP contribution in [0.5, 0.6) is 0 Å². The van der Waals surface area contributed by atoms with Gasteiger partial charge in [-0.25, -0.2) is 0 Å². The van der Waals surface area contributed by atoms with Gasteiger partial charge >= 0.3 is 0 Å². The summed E-state index contributed by atoms with van der Waals surface area (Å²) in [6.07, 6.45) is 1.02. The van der Waals surface area contributed by atoms with Crippen molar-refractivity contribution in [1.29, 1.82) is 0 Å². The van der Waals surface area contributed by atoms with Crippen molar-refractivity contribution in [2.24, 2.45) is 5.73 Å². The van der Waals surface area contributed by atoms with Gasteiger partial charge in [0, 0.05) is 28.9 Å². The molecule has 17 heavy (non-hydrogen) atoms. The van der Waals surface area contributed by atoms with Crippen LogP contribution in [0.2, 0.25) is 5.02 Å². The normalized spacial score (nSPS) is 11.4. The summed E-state index contributed by atoms with van der Waals surface area (Å²) in [6.45, 7) is 6.51. The summed E-state index contributed by atoms with van der Waals surface area (Å²) in [5.74, 6) is 0. The lowest BCUT2D eigenvalue weighted by molar-refractivity contribution is 0.470. The molecule has 0 aliphatic carbocycles. The molecule has 0 aliphatic rings. The number of rotatable bonds is 4. The first-order valence-electron chi connectivity index (χ1n) is 5.62. The molecule has 1 rings (SSSR count). The molecule has 0 spiro atoms. The van der Waals surface area contributed by atoms with Crippen molar-refractivity contribution in [3.8, 4) is 0 Å². The average molecular weight is 271 g/mol. The van der Waals surface area contributed by atoms with Gasteiger partial charge in [0.25, 0.3) is 0 Å². The molecular weight excluding hydrogens is 252 g/mol. The largest absolute Gasteiger partial charge is 0.389 e. The van der Waals surface area contributed by atoms with Crippen LogP contribution in [-0.4, -0.2) is 17.6 Å². The number of hydrogen-bond donors (Lipinski definition) is 1. The Bertz CT molecular complexity index is 429. The highest BCUT2D eigenvalue weighted by Crippen LogP contribution is 2.30. The van der Waals surface area contributed by atoms with E-state index < -0.39 is 0 Å².